The van der Waals surface area contributed by atoms with Crippen LogP contribution < -0.4 is 5.32 Å². The molecule has 18 heavy (non-hydrogen) atoms. The van der Waals surface area contributed by atoms with Crippen LogP contribution in [-0.2, 0) is 14.6 Å². The van der Waals surface area contributed by atoms with Gasteiger partial charge in [-0.15, -0.1) is 6.58 Å². The maximum absolute atomic E-state index is 11.5. The van der Waals surface area contributed by atoms with Crippen molar-refractivity contribution in [2.24, 2.45) is 0 Å². The van der Waals surface area contributed by atoms with Gasteiger partial charge in [0.15, 0.2) is 9.84 Å². The van der Waals surface area contributed by atoms with Gasteiger partial charge in [0.2, 0.25) is 5.91 Å². The standard InChI is InChI=1S/C11H11Cl2NO3S/c1-2-5-18(16,17)7-11(15)14-10-6-8(12)3-4-9(10)13/h2-4,6H,1,5,7H2,(H,14,15). The van der Waals surface area contributed by atoms with Gasteiger partial charge >= 0.3 is 0 Å². The van der Waals surface area contributed by atoms with Crippen LogP contribution in [0.2, 0.25) is 10.0 Å². The molecular formula is C11H11Cl2NO3S. The van der Waals surface area contributed by atoms with E-state index in [9.17, 15) is 13.2 Å². The van der Waals surface area contributed by atoms with Crippen molar-refractivity contribution in [3.63, 3.8) is 0 Å². The molecule has 0 aliphatic rings. The molecule has 0 aliphatic heterocycles. The molecule has 1 amide bonds. The molecule has 0 bridgehead atoms. The van der Waals surface area contributed by atoms with Gasteiger partial charge in [-0.2, -0.15) is 0 Å². The first kappa shape index (κ1) is 15.0. The molecule has 0 spiro atoms. The van der Waals surface area contributed by atoms with Crippen molar-refractivity contribution in [2.75, 3.05) is 16.8 Å². The third kappa shape index (κ3) is 4.68. The molecule has 1 aromatic carbocycles. The van der Waals surface area contributed by atoms with Crippen LogP contribution in [0.1, 0.15) is 0 Å². The second-order valence-electron chi connectivity index (χ2n) is 3.52. The summed E-state index contributed by atoms with van der Waals surface area (Å²) in [5.41, 5.74) is 0.281. The van der Waals surface area contributed by atoms with Crippen LogP contribution in [0.15, 0.2) is 30.9 Å². The maximum Gasteiger partial charge on any atom is 0.239 e. The average Bonchev–Trinajstić information content (AvgIpc) is 2.22. The third-order valence-electron chi connectivity index (χ3n) is 1.93. The Hall–Kier alpha value is -1.04. The number of sulfone groups is 1. The Morgan fingerprint density at radius 2 is 2.06 bits per heavy atom. The summed E-state index contributed by atoms with van der Waals surface area (Å²) in [6.45, 7) is 3.31. The predicted octanol–water partition coefficient (Wildman–Crippen LogP) is 2.53. The SMILES string of the molecule is C=CCS(=O)(=O)CC(=O)Nc1cc(Cl)ccc1Cl. The van der Waals surface area contributed by atoms with Gasteiger partial charge in [0, 0.05) is 5.02 Å². The van der Waals surface area contributed by atoms with Gasteiger partial charge in [0.1, 0.15) is 5.75 Å². The maximum atomic E-state index is 11.5. The Morgan fingerprint density at radius 1 is 1.39 bits per heavy atom. The van der Waals surface area contributed by atoms with Crippen molar-refractivity contribution in [3.8, 4) is 0 Å². The molecule has 7 heteroatoms. The molecule has 0 aliphatic carbocycles. The number of nitrogens with one attached hydrogen (secondary N) is 1. The minimum absolute atomic E-state index is 0.246. The zero-order valence-electron chi connectivity index (χ0n) is 9.32. The zero-order chi connectivity index (χ0) is 13.8. The summed E-state index contributed by atoms with van der Waals surface area (Å²) < 4.78 is 22.8. The molecule has 0 fully saturated rings. The summed E-state index contributed by atoms with van der Waals surface area (Å²) >= 11 is 11.6. The molecule has 98 valence electrons. The molecule has 0 atom stereocenters. The van der Waals surface area contributed by atoms with E-state index in [0.717, 1.165) is 0 Å². The summed E-state index contributed by atoms with van der Waals surface area (Å²) in [4.78, 5) is 11.5. The smallest absolute Gasteiger partial charge is 0.239 e. The molecule has 1 N–H and O–H groups in total. The van der Waals surface area contributed by atoms with E-state index in [2.05, 4.69) is 11.9 Å². The highest BCUT2D eigenvalue weighted by Gasteiger charge is 2.16. The topological polar surface area (TPSA) is 63.2 Å². The number of anilines is 1. The first-order valence-corrected chi connectivity index (χ1v) is 7.48. The minimum Gasteiger partial charge on any atom is -0.324 e. The number of amides is 1. The fourth-order valence-electron chi connectivity index (χ4n) is 1.22. The van der Waals surface area contributed by atoms with Gasteiger partial charge in [0.25, 0.3) is 0 Å². The molecule has 4 nitrogen and oxygen atoms in total. The summed E-state index contributed by atoms with van der Waals surface area (Å²) in [6, 6.07) is 4.52. The largest absolute Gasteiger partial charge is 0.324 e. The zero-order valence-corrected chi connectivity index (χ0v) is 11.6. The number of carbonyl (C=O) groups is 1. The normalized spacial score (nSPS) is 11.0. The highest BCUT2D eigenvalue weighted by atomic mass is 35.5. The molecule has 0 unspecified atom stereocenters. The van der Waals surface area contributed by atoms with Crippen LogP contribution in [0, 0.1) is 0 Å². The van der Waals surface area contributed by atoms with Gasteiger partial charge in [-0.1, -0.05) is 29.3 Å². The van der Waals surface area contributed by atoms with Crippen molar-refractivity contribution < 1.29 is 13.2 Å². The summed E-state index contributed by atoms with van der Waals surface area (Å²) in [5.74, 6) is -1.54. The Bertz CT molecular complexity index is 570. The number of halogens is 2. The van der Waals surface area contributed by atoms with E-state index in [0.29, 0.717) is 5.02 Å². The van der Waals surface area contributed by atoms with Gasteiger partial charge in [-0.05, 0) is 18.2 Å². The van der Waals surface area contributed by atoms with Crippen LogP contribution in [-0.4, -0.2) is 25.8 Å². The lowest BCUT2D eigenvalue weighted by Crippen LogP contribution is -2.24. The Morgan fingerprint density at radius 3 is 2.67 bits per heavy atom. The van der Waals surface area contributed by atoms with E-state index >= 15 is 0 Å². The van der Waals surface area contributed by atoms with Crippen molar-refractivity contribution in [1.82, 2.24) is 0 Å². The molecule has 0 saturated carbocycles. The van der Waals surface area contributed by atoms with Crippen LogP contribution >= 0.6 is 23.2 Å². The Kier molecular flexibility index (Phi) is 5.19. The van der Waals surface area contributed by atoms with Gasteiger partial charge in [-0.25, -0.2) is 8.42 Å². The number of carbonyl (C=O) groups excluding carboxylic acids is 1. The van der Waals surface area contributed by atoms with Gasteiger partial charge < -0.3 is 5.32 Å². The van der Waals surface area contributed by atoms with Crippen molar-refractivity contribution >= 4 is 44.6 Å². The highest BCUT2D eigenvalue weighted by Crippen LogP contribution is 2.25. The Labute approximate surface area is 116 Å². The Balaban J connectivity index is 2.76. The van der Waals surface area contributed by atoms with Crippen LogP contribution in [0.4, 0.5) is 5.69 Å². The van der Waals surface area contributed by atoms with Crippen molar-refractivity contribution in [3.05, 3.63) is 40.9 Å². The van der Waals surface area contributed by atoms with Crippen molar-refractivity contribution in [2.45, 2.75) is 0 Å². The number of hydrogen-bond acceptors (Lipinski definition) is 3. The first-order chi connectivity index (χ1) is 8.34. The lowest BCUT2D eigenvalue weighted by Gasteiger charge is -2.07. The van der Waals surface area contributed by atoms with E-state index in [1.54, 1.807) is 6.07 Å². The van der Waals surface area contributed by atoms with E-state index in [1.807, 2.05) is 0 Å². The summed E-state index contributed by atoms with van der Waals surface area (Å²) in [6.07, 6.45) is 1.23. The minimum atomic E-state index is -3.48. The van der Waals surface area contributed by atoms with E-state index < -0.39 is 21.5 Å². The molecule has 0 radical (unpaired) electrons. The molecule has 0 aromatic heterocycles. The number of hydrogen-bond donors (Lipinski definition) is 1. The van der Waals surface area contributed by atoms with Crippen LogP contribution in [0.5, 0.6) is 0 Å². The second-order valence-corrected chi connectivity index (χ2v) is 6.47. The van der Waals surface area contributed by atoms with E-state index in [4.69, 9.17) is 23.2 Å². The average molecular weight is 308 g/mol. The molecular weight excluding hydrogens is 297 g/mol. The predicted molar refractivity (Wildman–Crippen MR) is 73.9 cm³/mol. The monoisotopic (exact) mass is 307 g/mol. The lowest BCUT2D eigenvalue weighted by atomic mass is 10.3. The summed E-state index contributed by atoms with van der Waals surface area (Å²) in [5, 5.41) is 3.08. The molecule has 1 aromatic rings. The van der Waals surface area contributed by atoms with E-state index in [-0.39, 0.29) is 16.5 Å². The van der Waals surface area contributed by atoms with Crippen LogP contribution in [0.25, 0.3) is 0 Å². The molecule has 0 heterocycles. The molecule has 1 rings (SSSR count). The summed E-state index contributed by atoms with van der Waals surface area (Å²) in [7, 11) is -3.48. The van der Waals surface area contributed by atoms with Crippen molar-refractivity contribution in [1.29, 1.82) is 0 Å². The quantitative estimate of drug-likeness (QED) is 0.850. The second kappa shape index (κ2) is 6.22. The third-order valence-corrected chi connectivity index (χ3v) is 3.94. The fraction of sp³-hybridized carbons (Fsp3) is 0.182. The molecule has 0 saturated heterocycles. The van der Waals surface area contributed by atoms with E-state index in [1.165, 1.54) is 18.2 Å². The van der Waals surface area contributed by atoms with Gasteiger partial charge in [-0.3, -0.25) is 4.79 Å². The highest BCUT2D eigenvalue weighted by molar-refractivity contribution is 7.92. The van der Waals surface area contributed by atoms with Crippen LogP contribution in [0.3, 0.4) is 0 Å². The number of rotatable bonds is 5. The lowest BCUT2D eigenvalue weighted by molar-refractivity contribution is -0.113. The van der Waals surface area contributed by atoms with Gasteiger partial charge in [0.05, 0.1) is 16.5 Å². The first-order valence-electron chi connectivity index (χ1n) is 4.90. The number of benzene rings is 1. The fourth-order valence-corrected chi connectivity index (χ4v) is 2.50.